The molecular formula is C36H47N4O5+. The summed E-state index contributed by atoms with van der Waals surface area (Å²) in [6.45, 7) is 11.7. The van der Waals surface area contributed by atoms with E-state index in [-0.39, 0.29) is 35.2 Å². The molecule has 0 saturated heterocycles. The summed E-state index contributed by atoms with van der Waals surface area (Å²) in [7, 11) is 1.70. The van der Waals surface area contributed by atoms with Crippen LogP contribution in [-0.4, -0.2) is 67.1 Å². The van der Waals surface area contributed by atoms with Gasteiger partial charge in [-0.05, 0) is 99.4 Å². The van der Waals surface area contributed by atoms with Gasteiger partial charge in [-0.1, -0.05) is 25.1 Å². The van der Waals surface area contributed by atoms with E-state index in [1.807, 2.05) is 31.2 Å². The molecule has 2 amide bonds. The molecule has 0 fully saturated rings. The van der Waals surface area contributed by atoms with E-state index in [9.17, 15) is 9.59 Å². The van der Waals surface area contributed by atoms with Gasteiger partial charge >= 0.3 is 5.96 Å². The topological polar surface area (TPSA) is 115 Å². The van der Waals surface area contributed by atoms with Crippen LogP contribution in [0.2, 0.25) is 0 Å². The van der Waals surface area contributed by atoms with Crippen molar-refractivity contribution in [1.29, 1.82) is 0 Å². The predicted octanol–water partition coefficient (Wildman–Crippen LogP) is 5.25. The minimum Gasteiger partial charge on any atom is -0.493 e. The average Bonchev–Trinajstić information content (AvgIpc) is 3.01. The zero-order valence-corrected chi connectivity index (χ0v) is 27.1. The van der Waals surface area contributed by atoms with Gasteiger partial charge < -0.3 is 19.5 Å². The summed E-state index contributed by atoms with van der Waals surface area (Å²) in [5.74, 6) is 2.12. The number of nitrogens with two attached hydrogens (primary N) is 1. The summed E-state index contributed by atoms with van der Waals surface area (Å²) in [6.07, 6.45) is 9.54. The number of nitrogens with one attached hydrogen (secondary N) is 1. The summed E-state index contributed by atoms with van der Waals surface area (Å²) in [5.41, 5.74) is 9.03. The molecule has 0 radical (unpaired) electrons. The number of methoxy groups -OCH3 is 1. The van der Waals surface area contributed by atoms with Gasteiger partial charge in [0.1, 0.15) is 22.6 Å². The van der Waals surface area contributed by atoms with Crippen molar-refractivity contribution in [3.8, 4) is 11.5 Å². The number of guanidine groups is 1. The van der Waals surface area contributed by atoms with Gasteiger partial charge in [0.25, 0.3) is 11.8 Å². The van der Waals surface area contributed by atoms with Crippen LogP contribution in [0.1, 0.15) is 92.3 Å². The van der Waals surface area contributed by atoms with Crippen LogP contribution in [0.4, 0.5) is 0 Å². The smallest absolute Gasteiger partial charge is 0.391 e. The van der Waals surface area contributed by atoms with E-state index in [0.29, 0.717) is 31.7 Å². The van der Waals surface area contributed by atoms with Crippen molar-refractivity contribution < 1.29 is 28.4 Å². The van der Waals surface area contributed by atoms with E-state index >= 15 is 0 Å². The molecule has 240 valence electrons. The second kappa shape index (κ2) is 13.6. The maximum absolute atomic E-state index is 13.3. The zero-order chi connectivity index (χ0) is 32.2. The van der Waals surface area contributed by atoms with E-state index in [1.54, 1.807) is 7.11 Å². The minimum absolute atomic E-state index is 0.0848. The van der Waals surface area contributed by atoms with Crippen molar-refractivity contribution in [3.63, 3.8) is 0 Å². The SMILES string of the molecule is C=[N+]1C(=O)CC(CC)(CCC/C=C/c2ccc3c(c2)[C@@H](CNC(=O)c2ccc4c(c2)C[C@H](COC)CO4)CC(C)(C)O3)N=C1N. The molecule has 1 unspecified atom stereocenters. The van der Waals surface area contributed by atoms with Crippen LogP contribution in [0.3, 0.4) is 0 Å². The fourth-order valence-corrected chi connectivity index (χ4v) is 6.71. The fraction of sp³-hybridized carbons (Fsp3) is 0.500. The van der Waals surface area contributed by atoms with E-state index in [2.05, 4.69) is 55.2 Å². The summed E-state index contributed by atoms with van der Waals surface area (Å²) >= 11 is 0. The Morgan fingerprint density at radius 2 is 2.04 bits per heavy atom. The maximum atomic E-state index is 13.3. The largest absolute Gasteiger partial charge is 0.493 e. The quantitative estimate of drug-likeness (QED) is 0.264. The Hall–Kier alpha value is -3.98. The van der Waals surface area contributed by atoms with Crippen LogP contribution in [-0.2, 0) is 16.0 Å². The number of fused-ring (bicyclic) bond motifs is 2. The third-order valence-corrected chi connectivity index (χ3v) is 9.21. The van der Waals surface area contributed by atoms with Crippen molar-refractivity contribution in [2.45, 2.75) is 82.8 Å². The standard InChI is InChI=1S/C36H46N4O5/c1-6-36(20-32(41)40(4)34(37)39-36)15-9-7-8-10-24-11-13-31-29(17-24)28(19-35(2,3)45-31)21-38-33(42)26-12-14-30-27(18-26)16-25(22-43-5)23-44-30/h8,10-14,17-18,25,28H,4,6-7,9,15-16,19-23H2,1-3,5H3,(H2-,37,38,39,42)/p+1/b10-8+/t25-,28-,36?/m1/s1. The van der Waals surface area contributed by atoms with Crippen LogP contribution >= 0.6 is 0 Å². The van der Waals surface area contributed by atoms with Crippen molar-refractivity contribution in [2.24, 2.45) is 16.6 Å². The van der Waals surface area contributed by atoms with Crippen molar-refractivity contribution in [1.82, 2.24) is 5.32 Å². The highest BCUT2D eigenvalue weighted by molar-refractivity contribution is 5.94. The molecule has 45 heavy (non-hydrogen) atoms. The number of nitrogens with zero attached hydrogens (tertiary/aromatic N) is 2. The van der Waals surface area contributed by atoms with E-state index in [4.69, 9.17) is 19.9 Å². The fourth-order valence-electron chi connectivity index (χ4n) is 6.71. The van der Waals surface area contributed by atoms with Crippen LogP contribution < -0.4 is 20.5 Å². The van der Waals surface area contributed by atoms with Gasteiger partial charge in [-0.3, -0.25) is 15.3 Å². The number of hydrogen-bond acceptors (Lipinski definition) is 7. The minimum atomic E-state index is -0.448. The van der Waals surface area contributed by atoms with Crippen LogP contribution in [0.25, 0.3) is 6.08 Å². The third kappa shape index (κ3) is 7.64. The lowest BCUT2D eigenvalue weighted by atomic mass is 9.83. The van der Waals surface area contributed by atoms with Crippen molar-refractivity contribution in [2.75, 3.05) is 26.9 Å². The molecule has 2 aromatic rings. The Kier molecular flexibility index (Phi) is 9.77. The normalized spacial score (nSPS) is 23.9. The number of carbonyl (C=O) groups excluding carboxylic acids is 2. The number of allylic oxidation sites excluding steroid dienone is 1. The lowest BCUT2D eigenvalue weighted by Gasteiger charge is -2.38. The van der Waals surface area contributed by atoms with Crippen LogP contribution in [0, 0.1) is 5.92 Å². The van der Waals surface area contributed by atoms with Crippen LogP contribution in [0.15, 0.2) is 47.5 Å². The Morgan fingerprint density at radius 1 is 1.24 bits per heavy atom. The van der Waals surface area contributed by atoms with Crippen LogP contribution in [0.5, 0.6) is 11.5 Å². The first-order valence-corrected chi connectivity index (χ1v) is 16.0. The van der Waals surface area contributed by atoms with Gasteiger partial charge in [0, 0.05) is 37.8 Å². The number of hydrogen-bond donors (Lipinski definition) is 2. The summed E-state index contributed by atoms with van der Waals surface area (Å²) in [4.78, 5) is 30.2. The number of amides is 2. The molecule has 3 atom stereocenters. The van der Waals surface area contributed by atoms with Gasteiger partial charge in [-0.15, -0.1) is 4.99 Å². The Bertz CT molecular complexity index is 1510. The molecule has 0 aliphatic carbocycles. The molecule has 0 spiro atoms. The maximum Gasteiger partial charge on any atom is 0.391 e. The first-order chi connectivity index (χ1) is 21.5. The lowest BCUT2D eigenvalue weighted by Crippen LogP contribution is -2.46. The molecule has 9 nitrogen and oxygen atoms in total. The first kappa shape index (κ1) is 32.4. The molecule has 3 heterocycles. The monoisotopic (exact) mass is 615 g/mol. The number of rotatable bonds is 11. The molecule has 3 aliphatic heterocycles. The molecule has 0 bridgehead atoms. The number of ether oxygens (including phenoxy) is 3. The molecule has 3 aliphatic rings. The van der Waals surface area contributed by atoms with E-state index in [0.717, 1.165) is 66.7 Å². The third-order valence-electron chi connectivity index (χ3n) is 9.21. The second-order valence-electron chi connectivity index (χ2n) is 13.3. The Morgan fingerprint density at radius 3 is 2.80 bits per heavy atom. The number of aliphatic imine (C=N–C) groups is 1. The van der Waals surface area contributed by atoms with Gasteiger partial charge in [0.05, 0.1) is 19.6 Å². The molecule has 0 aromatic heterocycles. The number of benzene rings is 2. The molecule has 5 rings (SSSR count). The molecule has 0 saturated carbocycles. The summed E-state index contributed by atoms with van der Waals surface area (Å²) in [5, 5.41) is 3.19. The van der Waals surface area contributed by atoms with E-state index in [1.165, 1.54) is 4.58 Å². The molecule has 2 aromatic carbocycles. The first-order valence-electron chi connectivity index (χ1n) is 16.0. The van der Waals surface area contributed by atoms with Gasteiger partial charge in [0.15, 0.2) is 0 Å². The average molecular weight is 616 g/mol. The highest BCUT2D eigenvalue weighted by Crippen LogP contribution is 2.41. The van der Waals surface area contributed by atoms with Gasteiger partial charge in [-0.25, -0.2) is 0 Å². The van der Waals surface area contributed by atoms with Gasteiger partial charge in [0.2, 0.25) is 0 Å². The Labute approximate surface area is 266 Å². The number of unbranched alkanes of at least 4 members (excludes halogenated alkanes) is 1. The number of carbonyl (C=O) groups is 2. The highest BCUT2D eigenvalue weighted by atomic mass is 16.5. The summed E-state index contributed by atoms with van der Waals surface area (Å²) < 4.78 is 18.7. The second-order valence-corrected chi connectivity index (χ2v) is 13.3. The Balaban J connectivity index is 1.22. The van der Waals surface area contributed by atoms with Gasteiger partial charge in [-0.2, -0.15) is 4.58 Å². The molecule has 3 N–H and O–H groups in total. The molecular weight excluding hydrogens is 568 g/mol. The predicted molar refractivity (Wildman–Crippen MR) is 176 cm³/mol. The lowest BCUT2D eigenvalue weighted by molar-refractivity contribution is -0.340. The summed E-state index contributed by atoms with van der Waals surface area (Å²) in [6, 6.07) is 12.0. The van der Waals surface area contributed by atoms with Crippen molar-refractivity contribution >= 4 is 30.6 Å². The zero-order valence-electron chi connectivity index (χ0n) is 27.1. The van der Waals surface area contributed by atoms with Crippen molar-refractivity contribution in [3.05, 3.63) is 64.7 Å². The highest BCUT2D eigenvalue weighted by Gasteiger charge is 2.41. The molecule has 9 heteroatoms. The van der Waals surface area contributed by atoms with E-state index < -0.39 is 5.54 Å².